The minimum absolute atomic E-state index is 0.202. The van der Waals surface area contributed by atoms with Crippen LogP contribution in [0.3, 0.4) is 0 Å². The summed E-state index contributed by atoms with van der Waals surface area (Å²) < 4.78 is 12.6. The summed E-state index contributed by atoms with van der Waals surface area (Å²) in [6.45, 7) is 2.05. The Morgan fingerprint density at radius 3 is 2.70 bits per heavy atom. The maximum absolute atomic E-state index is 10.8. The molecule has 2 rings (SSSR count). The molecule has 0 spiro atoms. The van der Waals surface area contributed by atoms with Crippen molar-refractivity contribution in [2.45, 2.75) is 13.5 Å². The number of carbonyl (C=O) groups is 1. The lowest BCUT2D eigenvalue weighted by Gasteiger charge is -2.12. The van der Waals surface area contributed by atoms with E-state index in [9.17, 15) is 4.79 Å². The van der Waals surface area contributed by atoms with E-state index in [-0.39, 0.29) is 6.61 Å². The van der Waals surface area contributed by atoms with Crippen LogP contribution >= 0.6 is 11.6 Å². The van der Waals surface area contributed by atoms with Crippen LogP contribution in [0.5, 0.6) is 11.5 Å². The SMILES string of the molecule is COc1cc(C=O)cc(Cl)c1OCc1nnc(C)n1C. The van der Waals surface area contributed by atoms with E-state index >= 15 is 0 Å². The van der Waals surface area contributed by atoms with Gasteiger partial charge in [-0.25, -0.2) is 0 Å². The monoisotopic (exact) mass is 295 g/mol. The third-order valence-electron chi connectivity index (χ3n) is 2.92. The van der Waals surface area contributed by atoms with Crippen molar-refractivity contribution in [1.29, 1.82) is 0 Å². The lowest BCUT2D eigenvalue weighted by molar-refractivity contribution is 0.112. The highest BCUT2D eigenvalue weighted by Gasteiger charge is 2.14. The summed E-state index contributed by atoms with van der Waals surface area (Å²) >= 11 is 6.10. The molecular formula is C13H14ClN3O3. The number of halogens is 1. The first-order valence-electron chi connectivity index (χ1n) is 5.87. The summed E-state index contributed by atoms with van der Waals surface area (Å²) in [7, 11) is 3.34. The lowest BCUT2D eigenvalue weighted by atomic mass is 10.2. The Hall–Kier alpha value is -2.08. The molecule has 0 aliphatic rings. The number of hydrogen-bond acceptors (Lipinski definition) is 5. The second-order valence-electron chi connectivity index (χ2n) is 4.16. The minimum Gasteiger partial charge on any atom is -0.493 e. The molecule has 0 aliphatic heterocycles. The quantitative estimate of drug-likeness (QED) is 0.791. The Kier molecular flexibility index (Phi) is 4.24. The van der Waals surface area contributed by atoms with Crippen molar-refractivity contribution in [3.63, 3.8) is 0 Å². The van der Waals surface area contributed by atoms with E-state index in [1.807, 2.05) is 18.5 Å². The molecule has 0 saturated heterocycles. The van der Waals surface area contributed by atoms with Crippen molar-refractivity contribution < 1.29 is 14.3 Å². The fourth-order valence-electron chi connectivity index (χ4n) is 1.66. The summed E-state index contributed by atoms with van der Waals surface area (Å²) in [6.07, 6.45) is 0.699. The molecule has 0 unspecified atom stereocenters. The molecular weight excluding hydrogens is 282 g/mol. The number of nitrogens with zero attached hydrogens (tertiary/aromatic N) is 3. The molecule has 106 valence electrons. The number of ether oxygens (including phenoxy) is 2. The molecule has 0 saturated carbocycles. The van der Waals surface area contributed by atoms with Crippen LogP contribution in [0.15, 0.2) is 12.1 Å². The highest BCUT2D eigenvalue weighted by molar-refractivity contribution is 6.32. The zero-order chi connectivity index (χ0) is 14.7. The number of aromatic nitrogens is 3. The first kappa shape index (κ1) is 14.3. The number of aryl methyl sites for hydroxylation is 1. The van der Waals surface area contributed by atoms with E-state index in [2.05, 4.69) is 10.2 Å². The van der Waals surface area contributed by atoms with Crippen molar-refractivity contribution in [1.82, 2.24) is 14.8 Å². The number of aldehydes is 1. The van der Waals surface area contributed by atoms with Gasteiger partial charge < -0.3 is 14.0 Å². The van der Waals surface area contributed by atoms with Gasteiger partial charge in [0.25, 0.3) is 0 Å². The summed E-state index contributed by atoms with van der Waals surface area (Å²) in [5.74, 6) is 2.23. The molecule has 0 N–H and O–H groups in total. The van der Waals surface area contributed by atoms with E-state index in [0.29, 0.717) is 34.2 Å². The van der Waals surface area contributed by atoms with Crippen LogP contribution < -0.4 is 9.47 Å². The predicted octanol–water partition coefficient (Wildman–Crippen LogP) is 2.18. The van der Waals surface area contributed by atoms with Gasteiger partial charge >= 0.3 is 0 Å². The van der Waals surface area contributed by atoms with E-state index in [4.69, 9.17) is 21.1 Å². The fourth-order valence-corrected chi connectivity index (χ4v) is 1.93. The van der Waals surface area contributed by atoms with Crippen LogP contribution in [0.25, 0.3) is 0 Å². The van der Waals surface area contributed by atoms with Crippen molar-refractivity contribution in [3.8, 4) is 11.5 Å². The summed E-state index contributed by atoms with van der Waals surface area (Å²) in [5.41, 5.74) is 0.425. The maximum atomic E-state index is 10.8. The van der Waals surface area contributed by atoms with Gasteiger partial charge in [-0.2, -0.15) is 0 Å². The van der Waals surface area contributed by atoms with Crippen LogP contribution in [0.2, 0.25) is 5.02 Å². The number of rotatable bonds is 5. The van der Waals surface area contributed by atoms with Gasteiger partial charge in [-0.3, -0.25) is 4.79 Å². The van der Waals surface area contributed by atoms with E-state index in [0.717, 1.165) is 5.82 Å². The standard InChI is InChI=1S/C13H14ClN3O3/c1-8-15-16-12(17(8)2)7-20-13-10(14)4-9(6-18)5-11(13)19-3/h4-6H,7H2,1-3H3. The normalized spacial score (nSPS) is 10.4. The fraction of sp³-hybridized carbons (Fsp3) is 0.308. The molecule has 1 aromatic carbocycles. The molecule has 2 aromatic rings. The van der Waals surface area contributed by atoms with Gasteiger partial charge in [-0.1, -0.05) is 11.6 Å². The lowest BCUT2D eigenvalue weighted by Crippen LogP contribution is -2.05. The topological polar surface area (TPSA) is 66.2 Å². The molecule has 6 nitrogen and oxygen atoms in total. The Bertz CT molecular complexity index is 640. The van der Waals surface area contributed by atoms with Crippen molar-refractivity contribution in [2.24, 2.45) is 7.05 Å². The first-order chi connectivity index (χ1) is 9.56. The smallest absolute Gasteiger partial charge is 0.180 e. The second kappa shape index (κ2) is 5.92. The van der Waals surface area contributed by atoms with Crippen molar-refractivity contribution >= 4 is 17.9 Å². The number of carbonyl (C=O) groups excluding carboxylic acids is 1. The van der Waals surface area contributed by atoms with Crippen LogP contribution in [0.4, 0.5) is 0 Å². The third kappa shape index (κ3) is 2.75. The molecule has 1 aromatic heterocycles. The number of benzene rings is 1. The molecule has 0 aliphatic carbocycles. The Balaban J connectivity index is 2.25. The average Bonchev–Trinajstić information content (AvgIpc) is 2.76. The van der Waals surface area contributed by atoms with Gasteiger partial charge in [0.2, 0.25) is 0 Å². The first-order valence-corrected chi connectivity index (χ1v) is 6.25. The van der Waals surface area contributed by atoms with Gasteiger partial charge in [0.15, 0.2) is 17.3 Å². The van der Waals surface area contributed by atoms with Crippen LogP contribution in [0, 0.1) is 6.92 Å². The molecule has 0 amide bonds. The number of methoxy groups -OCH3 is 1. The zero-order valence-electron chi connectivity index (χ0n) is 11.4. The van der Waals surface area contributed by atoms with E-state index in [1.54, 1.807) is 6.07 Å². The third-order valence-corrected chi connectivity index (χ3v) is 3.20. The number of hydrogen-bond donors (Lipinski definition) is 0. The summed E-state index contributed by atoms with van der Waals surface area (Å²) in [6, 6.07) is 3.09. The Morgan fingerprint density at radius 1 is 1.40 bits per heavy atom. The van der Waals surface area contributed by atoms with E-state index < -0.39 is 0 Å². The van der Waals surface area contributed by atoms with Crippen molar-refractivity contribution in [3.05, 3.63) is 34.4 Å². The molecule has 0 bridgehead atoms. The van der Waals surface area contributed by atoms with Crippen LogP contribution in [-0.4, -0.2) is 28.2 Å². The molecule has 0 radical (unpaired) electrons. The summed E-state index contributed by atoms with van der Waals surface area (Å²) in [5, 5.41) is 8.25. The van der Waals surface area contributed by atoms with E-state index in [1.165, 1.54) is 13.2 Å². The van der Waals surface area contributed by atoms with Gasteiger partial charge in [-0.05, 0) is 19.1 Å². The van der Waals surface area contributed by atoms with Gasteiger partial charge in [0, 0.05) is 12.6 Å². The zero-order valence-corrected chi connectivity index (χ0v) is 12.1. The second-order valence-corrected chi connectivity index (χ2v) is 4.57. The molecule has 1 heterocycles. The molecule has 0 atom stereocenters. The van der Waals surface area contributed by atoms with Gasteiger partial charge in [0.1, 0.15) is 18.7 Å². The van der Waals surface area contributed by atoms with Crippen LogP contribution in [-0.2, 0) is 13.7 Å². The molecule has 0 fully saturated rings. The predicted molar refractivity (Wildman–Crippen MR) is 73.5 cm³/mol. The Labute approximate surface area is 121 Å². The molecule has 20 heavy (non-hydrogen) atoms. The van der Waals surface area contributed by atoms with Gasteiger partial charge in [0.05, 0.1) is 12.1 Å². The minimum atomic E-state index is 0.202. The summed E-state index contributed by atoms with van der Waals surface area (Å²) in [4.78, 5) is 10.8. The van der Waals surface area contributed by atoms with Crippen LogP contribution in [0.1, 0.15) is 22.0 Å². The average molecular weight is 296 g/mol. The van der Waals surface area contributed by atoms with Gasteiger partial charge in [-0.15, -0.1) is 10.2 Å². The maximum Gasteiger partial charge on any atom is 0.180 e. The molecule has 7 heteroatoms. The van der Waals surface area contributed by atoms with Crippen molar-refractivity contribution in [2.75, 3.05) is 7.11 Å². The highest BCUT2D eigenvalue weighted by atomic mass is 35.5. The largest absolute Gasteiger partial charge is 0.493 e. The highest BCUT2D eigenvalue weighted by Crippen LogP contribution is 2.36. The Morgan fingerprint density at radius 2 is 2.15 bits per heavy atom.